The fourth-order valence-electron chi connectivity index (χ4n) is 1.19. The Balaban J connectivity index is 2.67. The Morgan fingerprint density at radius 3 is 2.92 bits per heavy atom. The lowest BCUT2D eigenvalue weighted by Gasteiger charge is -1.86. The molecule has 0 unspecified atom stereocenters. The van der Waals surface area contributed by atoms with Gasteiger partial charge < -0.3 is 0 Å². The molecule has 1 heterocycles. The van der Waals surface area contributed by atoms with E-state index in [1.54, 1.807) is 17.4 Å². The lowest BCUT2D eigenvalue weighted by Crippen LogP contribution is -1.69. The number of halogens is 1. The van der Waals surface area contributed by atoms with Crippen LogP contribution in [0.3, 0.4) is 0 Å². The zero-order valence-corrected chi connectivity index (χ0v) is 7.33. The van der Waals surface area contributed by atoms with Crippen molar-refractivity contribution in [1.29, 1.82) is 0 Å². The second-order valence-corrected chi connectivity index (χ2v) is 3.81. The van der Waals surface area contributed by atoms with Crippen LogP contribution in [0.15, 0.2) is 24.3 Å². The first-order valence-corrected chi connectivity index (χ1v) is 4.58. The van der Waals surface area contributed by atoms with Crippen molar-refractivity contribution in [2.24, 2.45) is 0 Å². The van der Waals surface area contributed by atoms with Crippen LogP contribution < -0.4 is 0 Å². The van der Waals surface area contributed by atoms with E-state index in [2.05, 4.69) is 6.92 Å². The number of fused-ring (bicyclic) bond motifs is 1. The van der Waals surface area contributed by atoms with Crippen LogP contribution in [-0.2, 0) is 6.42 Å². The quantitative estimate of drug-likeness (QED) is 0.629. The fraction of sp³-hybridized carbons (Fsp3) is 0.100. The monoisotopic (exact) mass is 179 g/mol. The summed E-state index contributed by atoms with van der Waals surface area (Å²) in [6, 6.07) is 6.86. The summed E-state index contributed by atoms with van der Waals surface area (Å²) in [6.45, 7) is 3.79. The van der Waals surface area contributed by atoms with Crippen LogP contribution in [0, 0.1) is 12.7 Å². The Morgan fingerprint density at radius 1 is 1.33 bits per heavy atom. The molecule has 0 fully saturated rings. The number of benzene rings is 1. The Labute approximate surface area is 74.6 Å². The maximum atomic E-state index is 12.7. The first kappa shape index (κ1) is 7.74. The van der Waals surface area contributed by atoms with Crippen LogP contribution in [0.4, 0.5) is 4.39 Å². The highest BCUT2D eigenvalue weighted by molar-refractivity contribution is 7.19. The molecule has 1 radical (unpaired) electrons. The van der Waals surface area contributed by atoms with Crippen molar-refractivity contribution >= 4 is 21.4 Å². The van der Waals surface area contributed by atoms with Gasteiger partial charge in [0.25, 0.3) is 0 Å². The Kier molecular flexibility index (Phi) is 1.85. The van der Waals surface area contributed by atoms with Crippen molar-refractivity contribution in [1.82, 2.24) is 0 Å². The van der Waals surface area contributed by atoms with Gasteiger partial charge in [-0.05, 0) is 43.0 Å². The third-order valence-electron chi connectivity index (χ3n) is 1.78. The Bertz CT molecular complexity index is 403. The first-order chi connectivity index (χ1) is 5.79. The standard InChI is InChI=1S/C10H8FS/c1-2-9-6-7-5-8(11)3-4-10(7)12-9/h3-6H,1-2H2. The van der Waals surface area contributed by atoms with Gasteiger partial charge in [-0.2, -0.15) is 0 Å². The van der Waals surface area contributed by atoms with E-state index in [0.717, 1.165) is 16.5 Å². The summed E-state index contributed by atoms with van der Waals surface area (Å²) in [4.78, 5) is 1.20. The molecule has 0 saturated carbocycles. The molecule has 0 spiro atoms. The highest BCUT2D eigenvalue weighted by atomic mass is 32.1. The molecule has 0 atom stereocenters. The molecule has 0 amide bonds. The molecule has 0 aliphatic heterocycles. The molecule has 61 valence electrons. The lowest BCUT2D eigenvalue weighted by atomic mass is 10.2. The van der Waals surface area contributed by atoms with Gasteiger partial charge in [-0.3, -0.25) is 0 Å². The van der Waals surface area contributed by atoms with Gasteiger partial charge in [0.05, 0.1) is 0 Å². The summed E-state index contributed by atoms with van der Waals surface area (Å²) in [5, 5.41) is 0.985. The molecule has 0 nitrogen and oxygen atoms in total. The maximum Gasteiger partial charge on any atom is 0.123 e. The average molecular weight is 179 g/mol. The summed E-state index contributed by atoms with van der Waals surface area (Å²) in [7, 11) is 0. The van der Waals surface area contributed by atoms with Crippen LogP contribution in [-0.4, -0.2) is 0 Å². The fourth-order valence-corrected chi connectivity index (χ4v) is 2.13. The normalized spacial score (nSPS) is 10.8. The molecule has 1 aromatic carbocycles. The van der Waals surface area contributed by atoms with E-state index < -0.39 is 0 Å². The van der Waals surface area contributed by atoms with E-state index in [-0.39, 0.29) is 5.82 Å². The predicted octanol–water partition coefficient (Wildman–Crippen LogP) is 3.42. The van der Waals surface area contributed by atoms with Crippen molar-refractivity contribution in [2.75, 3.05) is 0 Å². The van der Waals surface area contributed by atoms with E-state index in [1.165, 1.54) is 10.9 Å². The minimum Gasteiger partial charge on any atom is -0.207 e. The Hall–Kier alpha value is -0.890. The van der Waals surface area contributed by atoms with Gasteiger partial charge in [0.2, 0.25) is 0 Å². The molecule has 12 heavy (non-hydrogen) atoms. The van der Waals surface area contributed by atoms with Crippen LogP contribution >= 0.6 is 11.3 Å². The second kappa shape index (κ2) is 2.87. The molecule has 0 bridgehead atoms. The lowest BCUT2D eigenvalue weighted by molar-refractivity contribution is 0.630. The summed E-state index contributed by atoms with van der Waals surface area (Å²) >= 11 is 1.68. The van der Waals surface area contributed by atoms with Gasteiger partial charge in [0, 0.05) is 9.58 Å². The van der Waals surface area contributed by atoms with Crippen molar-refractivity contribution in [3.8, 4) is 0 Å². The zero-order valence-electron chi connectivity index (χ0n) is 6.51. The van der Waals surface area contributed by atoms with Crippen LogP contribution in [0.25, 0.3) is 10.1 Å². The second-order valence-electron chi connectivity index (χ2n) is 2.64. The number of thiophene rings is 1. The van der Waals surface area contributed by atoms with Crippen LogP contribution in [0.2, 0.25) is 0 Å². The molecule has 0 saturated heterocycles. The van der Waals surface area contributed by atoms with E-state index in [9.17, 15) is 4.39 Å². The molecule has 0 aliphatic rings. The number of hydrogen-bond acceptors (Lipinski definition) is 1. The van der Waals surface area contributed by atoms with Gasteiger partial charge in [0.1, 0.15) is 5.82 Å². The highest BCUT2D eigenvalue weighted by Crippen LogP contribution is 2.26. The van der Waals surface area contributed by atoms with Gasteiger partial charge in [-0.25, -0.2) is 4.39 Å². The van der Waals surface area contributed by atoms with Crippen molar-refractivity contribution in [2.45, 2.75) is 6.42 Å². The third kappa shape index (κ3) is 1.23. The first-order valence-electron chi connectivity index (χ1n) is 3.77. The Morgan fingerprint density at radius 2 is 2.17 bits per heavy atom. The van der Waals surface area contributed by atoms with Gasteiger partial charge in [0.15, 0.2) is 0 Å². The smallest absolute Gasteiger partial charge is 0.123 e. The molecule has 1 aromatic heterocycles. The summed E-state index contributed by atoms with van der Waals surface area (Å²) in [6.07, 6.45) is 0.779. The zero-order chi connectivity index (χ0) is 8.55. The SMILES string of the molecule is [CH2]Cc1cc2cc(F)ccc2s1. The van der Waals surface area contributed by atoms with Crippen molar-refractivity contribution in [3.63, 3.8) is 0 Å². The molecular weight excluding hydrogens is 171 g/mol. The van der Waals surface area contributed by atoms with Crippen molar-refractivity contribution in [3.05, 3.63) is 41.9 Å². The van der Waals surface area contributed by atoms with E-state index >= 15 is 0 Å². The topological polar surface area (TPSA) is 0 Å². The highest BCUT2D eigenvalue weighted by Gasteiger charge is 2.00. The number of hydrogen-bond donors (Lipinski definition) is 0. The molecule has 2 aromatic rings. The van der Waals surface area contributed by atoms with Crippen LogP contribution in [0.1, 0.15) is 4.88 Å². The summed E-state index contributed by atoms with van der Waals surface area (Å²) in [5.74, 6) is -0.170. The predicted molar refractivity (Wildman–Crippen MR) is 50.8 cm³/mol. The summed E-state index contributed by atoms with van der Waals surface area (Å²) < 4.78 is 13.9. The molecule has 2 rings (SSSR count). The van der Waals surface area contributed by atoms with Gasteiger partial charge in [-0.15, -0.1) is 11.3 Å². The minimum atomic E-state index is -0.170. The number of rotatable bonds is 1. The van der Waals surface area contributed by atoms with Gasteiger partial charge >= 0.3 is 0 Å². The summed E-state index contributed by atoms with van der Waals surface area (Å²) in [5.41, 5.74) is 0. The van der Waals surface area contributed by atoms with E-state index in [4.69, 9.17) is 0 Å². The molecule has 2 heteroatoms. The average Bonchev–Trinajstić information content (AvgIpc) is 2.46. The van der Waals surface area contributed by atoms with E-state index in [0.29, 0.717) is 0 Å². The van der Waals surface area contributed by atoms with Crippen LogP contribution in [0.5, 0.6) is 0 Å². The third-order valence-corrected chi connectivity index (χ3v) is 2.95. The maximum absolute atomic E-state index is 12.7. The minimum absolute atomic E-state index is 0.170. The van der Waals surface area contributed by atoms with Crippen molar-refractivity contribution < 1.29 is 4.39 Å². The molecule has 0 aliphatic carbocycles. The van der Waals surface area contributed by atoms with E-state index in [1.807, 2.05) is 12.1 Å². The molecular formula is C10H8FS. The van der Waals surface area contributed by atoms with Gasteiger partial charge in [-0.1, -0.05) is 0 Å². The largest absolute Gasteiger partial charge is 0.207 e. The molecule has 0 N–H and O–H groups in total.